The van der Waals surface area contributed by atoms with Gasteiger partial charge in [0.1, 0.15) is 0 Å². The minimum Gasteiger partial charge on any atom is -0.380 e. The van der Waals surface area contributed by atoms with E-state index in [1.54, 1.807) is 0 Å². The van der Waals surface area contributed by atoms with E-state index in [0.717, 1.165) is 25.8 Å². The normalized spacial score (nSPS) is 9.88. The molecule has 0 spiro atoms. The molecular formula is C11H22N2O3. The summed E-state index contributed by atoms with van der Waals surface area (Å²) in [5, 5.41) is 5.40. The van der Waals surface area contributed by atoms with Crippen LogP contribution in [0.15, 0.2) is 0 Å². The van der Waals surface area contributed by atoms with E-state index in [2.05, 4.69) is 10.6 Å². The highest BCUT2D eigenvalue weighted by Crippen LogP contribution is 1.94. The lowest BCUT2D eigenvalue weighted by atomic mass is 10.2. The molecule has 0 aliphatic carbocycles. The Morgan fingerprint density at radius 3 is 2.12 bits per heavy atom. The maximum absolute atomic E-state index is 10.5. The number of nitrogens with one attached hydrogen (secondary N) is 2. The van der Waals surface area contributed by atoms with Crippen molar-refractivity contribution in [3.63, 3.8) is 0 Å². The Hall–Kier alpha value is -1.10. The first-order chi connectivity index (χ1) is 7.63. The standard InChI is InChI=1S/C11H22N2O3/c1-10(14)12-6-4-3-5-8-16-9-7-13-11(2)15/h3-9H2,1-2H3,(H,12,14)(H,13,15). The van der Waals surface area contributed by atoms with Crippen molar-refractivity contribution in [2.75, 3.05) is 26.3 Å². The molecule has 2 N–H and O–H groups in total. The summed E-state index contributed by atoms with van der Waals surface area (Å²) in [5.74, 6) is -0.00883. The highest BCUT2D eigenvalue weighted by molar-refractivity contribution is 5.72. The van der Waals surface area contributed by atoms with Crippen molar-refractivity contribution in [2.24, 2.45) is 0 Å². The molecule has 0 fully saturated rings. The average molecular weight is 230 g/mol. The van der Waals surface area contributed by atoms with Crippen LogP contribution in [0.4, 0.5) is 0 Å². The summed E-state index contributed by atoms with van der Waals surface area (Å²) in [6.07, 6.45) is 3.01. The first-order valence-electron chi connectivity index (χ1n) is 5.69. The average Bonchev–Trinajstić information content (AvgIpc) is 2.20. The van der Waals surface area contributed by atoms with Crippen molar-refractivity contribution in [3.05, 3.63) is 0 Å². The molecule has 0 rings (SSSR count). The van der Waals surface area contributed by atoms with E-state index in [9.17, 15) is 9.59 Å². The number of hydrogen-bond donors (Lipinski definition) is 2. The van der Waals surface area contributed by atoms with E-state index in [1.165, 1.54) is 13.8 Å². The molecular weight excluding hydrogens is 208 g/mol. The molecule has 0 unspecified atom stereocenters. The molecule has 5 nitrogen and oxygen atoms in total. The van der Waals surface area contributed by atoms with Crippen molar-refractivity contribution >= 4 is 11.8 Å². The zero-order valence-electron chi connectivity index (χ0n) is 10.2. The number of carbonyl (C=O) groups is 2. The van der Waals surface area contributed by atoms with Gasteiger partial charge in [-0.3, -0.25) is 9.59 Å². The summed E-state index contributed by atoms with van der Waals surface area (Å²) in [4.78, 5) is 21.0. The highest BCUT2D eigenvalue weighted by atomic mass is 16.5. The van der Waals surface area contributed by atoms with Crippen LogP contribution in [0.25, 0.3) is 0 Å². The second-order valence-electron chi connectivity index (χ2n) is 3.64. The van der Waals surface area contributed by atoms with E-state index in [4.69, 9.17) is 4.74 Å². The molecule has 0 heterocycles. The summed E-state index contributed by atoms with van der Waals surface area (Å²) in [6.45, 7) is 5.58. The maximum Gasteiger partial charge on any atom is 0.216 e. The molecule has 0 atom stereocenters. The summed E-state index contributed by atoms with van der Waals surface area (Å²) >= 11 is 0. The van der Waals surface area contributed by atoms with Crippen molar-refractivity contribution in [2.45, 2.75) is 33.1 Å². The van der Waals surface area contributed by atoms with Crippen LogP contribution in [0.1, 0.15) is 33.1 Å². The van der Waals surface area contributed by atoms with Crippen molar-refractivity contribution in [3.8, 4) is 0 Å². The van der Waals surface area contributed by atoms with E-state index in [0.29, 0.717) is 19.8 Å². The van der Waals surface area contributed by atoms with Crippen LogP contribution in [0.2, 0.25) is 0 Å². The van der Waals surface area contributed by atoms with E-state index in [1.807, 2.05) is 0 Å². The van der Waals surface area contributed by atoms with Gasteiger partial charge in [-0.25, -0.2) is 0 Å². The molecule has 16 heavy (non-hydrogen) atoms. The zero-order chi connectivity index (χ0) is 12.2. The van der Waals surface area contributed by atoms with E-state index < -0.39 is 0 Å². The minimum absolute atomic E-state index is 0.0200. The highest BCUT2D eigenvalue weighted by Gasteiger charge is 1.93. The Kier molecular flexibility index (Phi) is 9.70. The van der Waals surface area contributed by atoms with Crippen LogP contribution < -0.4 is 10.6 Å². The number of carbonyl (C=O) groups excluding carboxylic acids is 2. The number of ether oxygens (including phenoxy) is 1. The lowest BCUT2D eigenvalue weighted by molar-refractivity contribution is -0.120. The van der Waals surface area contributed by atoms with Gasteiger partial charge >= 0.3 is 0 Å². The van der Waals surface area contributed by atoms with Crippen LogP contribution in [0, 0.1) is 0 Å². The molecule has 0 aromatic rings. The van der Waals surface area contributed by atoms with E-state index in [-0.39, 0.29) is 11.8 Å². The summed E-state index contributed by atoms with van der Waals surface area (Å²) < 4.78 is 5.31. The smallest absolute Gasteiger partial charge is 0.216 e. The van der Waals surface area contributed by atoms with Gasteiger partial charge in [0.2, 0.25) is 11.8 Å². The predicted molar refractivity (Wildman–Crippen MR) is 62.0 cm³/mol. The molecule has 94 valence electrons. The Bertz CT molecular complexity index is 185. The molecule has 0 aromatic heterocycles. The third-order valence-electron chi connectivity index (χ3n) is 1.96. The minimum atomic E-state index is -0.0288. The van der Waals surface area contributed by atoms with E-state index >= 15 is 0 Å². The molecule has 0 saturated heterocycles. The molecule has 0 aromatic carbocycles. The number of amides is 2. The summed E-state index contributed by atoms with van der Waals surface area (Å²) in [5.41, 5.74) is 0. The molecule has 0 aliphatic rings. The molecule has 2 amide bonds. The van der Waals surface area contributed by atoms with Crippen LogP contribution >= 0.6 is 0 Å². The molecule has 0 radical (unpaired) electrons. The van der Waals surface area contributed by atoms with Crippen molar-refractivity contribution in [1.82, 2.24) is 10.6 Å². The van der Waals surface area contributed by atoms with Gasteiger partial charge in [0.25, 0.3) is 0 Å². The topological polar surface area (TPSA) is 67.4 Å². The monoisotopic (exact) mass is 230 g/mol. The van der Waals surface area contributed by atoms with Gasteiger partial charge in [-0.15, -0.1) is 0 Å². The van der Waals surface area contributed by atoms with Gasteiger partial charge < -0.3 is 15.4 Å². The lowest BCUT2D eigenvalue weighted by Crippen LogP contribution is -2.24. The third kappa shape index (κ3) is 12.9. The third-order valence-corrected chi connectivity index (χ3v) is 1.96. The van der Waals surface area contributed by atoms with Gasteiger partial charge in [-0.05, 0) is 19.3 Å². The van der Waals surface area contributed by atoms with Crippen LogP contribution in [-0.2, 0) is 14.3 Å². The fourth-order valence-corrected chi connectivity index (χ4v) is 1.17. The first kappa shape index (κ1) is 14.9. The second kappa shape index (κ2) is 10.4. The zero-order valence-corrected chi connectivity index (χ0v) is 10.2. The maximum atomic E-state index is 10.5. The van der Waals surface area contributed by atoms with Gasteiger partial charge in [0.15, 0.2) is 0 Å². The van der Waals surface area contributed by atoms with Gasteiger partial charge in [-0.2, -0.15) is 0 Å². The molecule has 0 bridgehead atoms. The Balaban J connectivity index is 2.98. The fourth-order valence-electron chi connectivity index (χ4n) is 1.17. The SMILES string of the molecule is CC(=O)NCCCCCOCCNC(C)=O. The Labute approximate surface area is 96.9 Å². The van der Waals surface area contributed by atoms with Crippen LogP contribution in [0.3, 0.4) is 0 Å². The van der Waals surface area contributed by atoms with Gasteiger partial charge in [0.05, 0.1) is 6.61 Å². The number of hydrogen-bond acceptors (Lipinski definition) is 3. The second-order valence-corrected chi connectivity index (χ2v) is 3.64. The predicted octanol–water partition coefficient (Wildman–Crippen LogP) is 0.445. The Morgan fingerprint density at radius 1 is 0.875 bits per heavy atom. The molecule has 0 saturated carbocycles. The summed E-state index contributed by atoms with van der Waals surface area (Å²) in [6, 6.07) is 0. The van der Waals surface area contributed by atoms with Gasteiger partial charge in [-0.1, -0.05) is 0 Å². The number of rotatable bonds is 9. The summed E-state index contributed by atoms with van der Waals surface area (Å²) in [7, 11) is 0. The lowest BCUT2D eigenvalue weighted by Gasteiger charge is -2.05. The quantitative estimate of drug-likeness (QED) is 0.565. The van der Waals surface area contributed by atoms with Gasteiger partial charge in [0, 0.05) is 33.5 Å². The van der Waals surface area contributed by atoms with Crippen LogP contribution in [-0.4, -0.2) is 38.1 Å². The van der Waals surface area contributed by atoms with Crippen molar-refractivity contribution < 1.29 is 14.3 Å². The largest absolute Gasteiger partial charge is 0.380 e. The Morgan fingerprint density at radius 2 is 1.50 bits per heavy atom. The molecule has 0 aliphatic heterocycles. The first-order valence-corrected chi connectivity index (χ1v) is 5.69. The number of unbranched alkanes of at least 4 members (excludes halogenated alkanes) is 2. The van der Waals surface area contributed by atoms with Crippen molar-refractivity contribution in [1.29, 1.82) is 0 Å². The fraction of sp³-hybridized carbons (Fsp3) is 0.818. The molecule has 5 heteroatoms. The van der Waals surface area contributed by atoms with Crippen LogP contribution in [0.5, 0.6) is 0 Å².